The highest BCUT2D eigenvalue weighted by Gasteiger charge is 2.37. The van der Waals surface area contributed by atoms with Gasteiger partial charge >= 0.3 is 12.1 Å². The number of hydrogen-bond acceptors (Lipinski definition) is 4. The molecule has 0 aromatic heterocycles. The minimum atomic E-state index is -0.964. The number of carbonyl (C=O) groups excluding carboxylic acids is 2. The van der Waals surface area contributed by atoms with Crippen LogP contribution in [0.3, 0.4) is 0 Å². The highest BCUT2D eigenvalue weighted by molar-refractivity contribution is 5.85. The van der Waals surface area contributed by atoms with Gasteiger partial charge in [-0.25, -0.2) is 9.59 Å². The number of nitrogens with one attached hydrogen (secondary N) is 2. The largest absolute Gasteiger partial charge is 0.480 e. The number of hydrogen-bond donors (Lipinski definition) is 3. The fourth-order valence-corrected chi connectivity index (χ4v) is 4.88. The van der Waals surface area contributed by atoms with E-state index >= 15 is 0 Å². The van der Waals surface area contributed by atoms with Crippen molar-refractivity contribution < 1.29 is 24.2 Å². The first-order valence-corrected chi connectivity index (χ1v) is 12.5. The fourth-order valence-electron chi connectivity index (χ4n) is 4.88. The molecule has 2 aliphatic carbocycles. The average molecular weight is 479 g/mol. The van der Waals surface area contributed by atoms with Gasteiger partial charge in [0.15, 0.2) is 0 Å². The van der Waals surface area contributed by atoms with Crippen molar-refractivity contribution in [1.29, 1.82) is 0 Å². The van der Waals surface area contributed by atoms with Crippen LogP contribution in [-0.2, 0) is 14.3 Å². The molecule has 0 aliphatic heterocycles. The summed E-state index contributed by atoms with van der Waals surface area (Å²) in [5, 5.41) is 14.9. The number of carboxylic acids is 1. The van der Waals surface area contributed by atoms with Gasteiger partial charge in [0.2, 0.25) is 5.91 Å². The van der Waals surface area contributed by atoms with Crippen molar-refractivity contribution in [2.24, 2.45) is 11.8 Å². The number of carboxylic acid groups (broad SMARTS) is 1. The summed E-state index contributed by atoms with van der Waals surface area (Å²) >= 11 is 0. The van der Waals surface area contributed by atoms with Crippen LogP contribution in [0, 0.1) is 11.8 Å². The van der Waals surface area contributed by atoms with Gasteiger partial charge in [-0.3, -0.25) is 4.79 Å². The summed E-state index contributed by atoms with van der Waals surface area (Å²) in [6, 6.07) is 15.6. The smallest absolute Gasteiger partial charge is 0.407 e. The zero-order valence-corrected chi connectivity index (χ0v) is 20.3. The maximum absolute atomic E-state index is 12.4. The highest BCUT2D eigenvalue weighted by atomic mass is 16.5. The van der Waals surface area contributed by atoms with E-state index in [2.05, 4.69) is 34.9 Å². The third-order valence-corrected chi connectivity index (χ3v) is 7.09. The van der Waals surface area contributed by atoms with Crippen molar-refractivity contribution in [1.82, 2.24) is 10.6 Å². The Hall–Kier alpha value is -3.35. The molecular formula is C28H34N2O5. The number of benzene rings is 2. The molecule has 2 aromatic carbocycles. The van der Waals surface area contributed by atoms with Crippen LogP contribution in [0.15, 0.2) is 48.5 Å². The van der Waals surface area contributed by atoms with Crippen LogP contribution in [0.4, 0.5) is 4.79 Å². The van der Waals surface area contributed by atoms with E-state index in [0.717, 1.165) is 19.3 Å². The Morgan fingerprint density at radius 3 is 2.11 bits per heavy atom. The van der Waals surface area contributed by atoms with E-state index in [9.17, 15) is 19.5 Å². The van der Waals surface area contributed by atoms with Crippen molar-refractivity contribution in [3.63, 3.8) is 0 Å². The van der Waals surface area contributed by atoms with Crippen molar-refractivity contribution in [3.05, 3.63) is 59.7 Å². The predicted molar refractivity (Wildman–Crippen MR) is 133 cm³/mol. The van der Waals surface area contributed by atoms with E-state index in [0.29, 0.717) is 12.8 Å². The molecule has 7 heteroatoms. The van der Waals surface area contributed by atoms with Crippen molar-refractivity contribution >= 4 is 18.0 Å². The molecule has 0 spiro atoms. The Morgan fingerprint density at radius 1 is 0.943 bits per heavy atom. The molecule has 35 heavy (non-hydrogen) atoms. The first-order valence-electron chi connectivity index (χ1n) is 12.5. The molecule has 3 N–H and O–H groups in total. The van der Waals surface area contributed by atoms with E-state index in [-0.39, 0.29) is 36.3 Å². The molecule has 0 bridgehead atoms. The van der Waals surface area contributed by atoms with Crippen molar-refractivity contribution in [2.45, 2.75) is 64.0 Å². The van der Waals surface area contributed by atoms with Crippen molar-refractivity contribution in [2.75, 3.05) is 6.61 Å². The Labute approximate surface area is 206 Å². The predicted octanol–water partition coefficient (Wildman–Crippen LogP) is 4.70. The lowest BCUT2D eigenvalue weighted by atomic mass is 9.98. The Morgan fingerprint density at radius 2 is 1.54 bits per heavy atom. The lowest BCUT2D eigenvalue weighted by molar-refractivity contribution is -0.143. The first-order chi connectivity index (χ1) is 16.8. The minimum Gasteiger partial charge on any atom is -0.480 e. The van der Waals surface area contributed by atoms with E-state index in [4.69, 9.17) is 4.74 Å². The summed E-state index contributed by atoms with van der Waals surface area (Å²) in [4.78, 5) is 36.1. The van der Waals surface area contributed by atoms with Crippen LogP contribution in [0.5, 0.6) is 0 Å². The third kappa shape index (κ3) is 6.02. The van der Waals surface area contributed by atoms with E-state index < -0.39 is 18.1 Å². The molecular weight excluding hydrogens is 444 g/mol. The van der Waals surface area contributed by atoms with Gasteiger partial charge in [0.05, 0.1) is 0 Å². The Balaban J connectivity index is 1.19. The van der Waals surface area contributed by atoms with Crippen molar-refractivity contribution in [3.8, 4) is 11.1 Å². The molecule has 0 radical (unpaired) electrons. The van der Waals surface area contributed by atoms with Crippen LogP contribution in [0.2, 0.25) is 0 Å². The normalized spacial score (nSPS) is 17.0. The molecule has 1 saturated carbocycles. The number of fused-ring (bicyclic) bond motifs is 3. The summed E-state index contributed by atoms with van der Waals surface area (Å²) in [6.45, 7) is 4.00. The maximum atomic E-state index is 12.4. The number of amides is 2. The molecule has 2 amide bonds. The Bertz CT molecular complexity index is 1040. The number of aliphatic carboxylic acids is 1. The van der Waals surface area contributed by atoms with Gasteiger partial charge in [-0.2, -0.15) is 0 Å². The maximum Gasteiger partial charge on any atom is 0.407 e. The molecule has 7 nitrogen and oxygen atoms in total. The molecule has 0 saturated heterocycles. The number of carbonyl (C=O) groups is 3. The molecule has 3 unspecified atom stereocenters. The SMILES string of the molecule is CC(CCCC(C)C(=O)NC(C(=O)O)C1CC1)NC(=O)OCC1c2ccccc2-c2ccccc21. The van der Waals surface area contributed by atoms with Crippen LogP contribution in [-0.4, -0.2) is 41.8 Å². The summed E-state index contributed by atoms with van der Waals surface area (Å²) in [7, 11) is 0. The van der Waals surface area contributed by atoms with Crippen LogP contribution < -0.4 is 10.6 Å². The van der Waals surface area contributed by atoms with Gasteiger partial charge in [0.25, 0.3) is 0 Å². The fraction of sp³-hybridized carbons (Fsp3) is 0.464. The summed E-state index contributed by atoms with van der Waals surface area (Å²) in [6.07, 6.45) is 3.32. The minimum absolute atomic E-state index is 0.0214. The van der Waals surface area contributed by atoms with Gasteiger partial charge in [0, 0.05) is 17.9 Å². The summed E-state index contributed by atoms with van der Waals surface area (Å²) in [5.41, 5.74) is 4.73. The second-order valence-electron chi connectivity index (χ2n) is 9.86. The number of alkyl carbamates (subject to hydrolysis) is 1. The van der Waals surface area contributed by atoms with Gasteiger partial charge in [-0.05, 0) is 60.8 Å². The molecule has 4 rings (SSSR count). The van der Waals surface area contributed by atoms with Gasteiger partial charge < -0.3 is 20.5 Å². The Kier molecular flexibility index (Phi) is 7.73. The number of rotatable bonds is 11. The van der Waals surface area contributed by atoms with E-state index in [1.54, 1.807) is 0 Å². The van der Waals surface area contributed by atoms with E-state index in [1.807, 2.05) is 38.1 Å². The quantitative estimate of drug-likeness (QED) is 0.434. The standard InChI is InChI=1S/C28H34N2O5/c1-17(26(31)30-25(27(32)33)19-14-15-19)8-7-9-18(2)29-28(34)35-16-24-22-12-5-3-10-20(22)21-11-4-6-13-23(21)24/h3-6,10-13,17-19,24-25H,7-9,14-16H2,1-2H3,(H,29,34)(H,30,31)(H,32,33). The molecule has 1 fully saturated rings. The molecule has 2 aliphatic rings. The zero-order chi connectivity index (χ0) is 24.9. The number of ether oxygens (including phenoxy) is 1. The third-order valence-electron chi connectivity index (χ3n) is 7.09. The van der Waals surface area contributed by atoms with Gasteiger partial charge in [-0.15, -0.1) is 0 Å². The highest BCUT2D eigenvalue weighted by Crippen LogP contribution is 2.44. The summed E-state index contributed by atoms with van der Waals surface area (Å²) in [5.74, 6) is -1.38. The van der Waals surface area contributed by atoms with E-state index in [1.165, 1.54) is 22.3 Å². The first kappa shape index (κ1) is 24.8. The molecule has 2 aromatic rings. The topological polar surface area (TPSA) is 105 Å². The second kappa shape index (κ2) is 10.9. The second-order valence-corrected chi connectivity index (χ2v) is 9.86. The van der Waals surface area contributed by atoms with Crippen LogP contribution >= 0.6 is 0 Å². The van der Waals surface area contributed by atoms with Gasteiger partial charge in [0.1, 0.15) is 12.6 Å². The zero-order valence-electron chi connectivity index (χ0n) is 20.3. The monoisotopic (exact) mass is 478 g/mol. The summed E-state index contributed by atoms with van der Waals surface area (Å²) < 4.78 is 5.60. The molecule has 0 heterocycles. The molecule has 186 valence electrons. The van der Waals surface area contributed by atoms with Crippen LogP contribution in [0.1, 0.15) is 63.0 Å². The molecule has 3 atom stereocenters. The van der Waals surface area contributed by atoms with Gasteiger partial charge in [-0.1, -0.05) is 61.9 Å². The lowest BCUT2D eigenvalue weighted by Gasteiger charge is -2.19. The lowest BCUT2D eigenvalue weighted by Crippen LogP contribution is -2.44. The van der Waals surface area contributed by atoms with Crippen LogP contribution in [0.25, 0.3) is 11.1 Å². The average Bonchev–Trinajstić information content (AvgIpc) is 3.63.